The Morgan fingerprint density at radius 3 is 2.67 bits per heavy atom. The lowest BCUT2D eigenvalue weighted by molar-refractivity contribution is -0.109. The number of anilines is 1. The van der Waals surface area contributed by atoms with E-state index in [0.29, 0.717) is 0 Å². The van der Waals surface area contributed by atoms with Crippen LogP contribution in [0.1, 0.15) is 19.3 Å². The second kappa shape index (κ2) is 4.34. The monoisotopic (exact) mass is 205 g/mol. The molecule has 2 rings (SSSR count). The first-order chi connectivity index (χ1) is 7.31. The van der Waals surface area contributed by atoms with Crippen LogP contribution in [0.25, 0.3) is 0 Å². The van der Waals surface area contributed by atoms with E-state index in [2.05, 4.69) is 4.90 Å². The lowest BCUT2D eigenvalue weighted by Gasteiger charge is -2.34. The Bertz CT molecular complexity index is 334. The fourth-order valence-corrected chi connectivity index (χ4v) is 2.06. The fourth-order valence-electron chi connectivity index (χ4n) is 2.06. The van der Waals surface area contributed by atoms with E-state index >= 15 is 0 Å². The molecule has 1 heterocycles. The van der Waals surface area contributed by atoms with Crippen LogP contribution in [0, 0.1) is 0 Å². The highest BCUT2D eigenvalue weighted by molar-refractivity contribution is 5.66. The number of piperidine rings is 1. The molecule has 1 N–H and O–H groups in total. The van der Waals surface area contributed by atoms with Crippen molar-refractivity contribution in [2.45, 2.75) is 25.3 Å². The number of benzene rings is 1. The van der Waals surface area contributed by atoms with Crippen LogP contribution in [0.4, 0.5) is 5.69 Å². The van der Waals surface area contributed by atoms with Crippen LogP contribution in [0.3, 0.4) is 0 Å². The summed E-state index contributed by atoms with van der Waals surface area (Å²) in [7, 11) is 0. The van der Waals surface area contributed by atoms with Crippen molar-refractivity contribution >= 4 is 12.0 Å². The van der Waals surface area contributed by atoms with E-state index < -0.39 is 0 Å². The summed E-state index contributed by atoms with van der Waals surface area (Å²) in [5.74, 6) is 0.262. The Kier molecular flexibility index (Phi) is 2.90. The largest absolute Gasteiger partial charge is 0.508 e. The number of rotatable bonds is 2. The van der Waals surface area contributed by atoms with Gasteiger partial charge in [-0.05, 0) is 43.5 Å². The van der Waals surface area contributed by atoms with Crippen molar-refractivity contribution in [3.8, 4) is 5.75 Å². The summed E-state index contributed by atoms with van der Waals surface area (Å²) in [5, 5.41) is 9.19. The van der Waals surface area contributed by atoms with Gasteiger partial charge >= 0.3 is 0 Å². The number of nitrogens with zero attached hydrogens (tertiary/aromatic N) is 1. The molecule has 1 unspecified atom stereocenters. The summed E-state index contributed by atoms with van der Waals surface area (Å²) in [4.78, 5) is 13.0. The van der Waals surface area contributed by atoms with Crippen molar-refractivity contribution in [1.29, 1.82) is 0 Å². The van der Waals surface area contributed by atoms with Crippen molar-refractivity contribution in [2.24, 2.45) is 0 Å². The molecule has 3 heteroatoms. The van der Waals surface area contributed by atoms with Gasteiger partial charge in [-0.3, -0.25) is 0 Å². The molecular weight excluding hydrogens is 190 g/mol. The standard InChI is InChI=1S/C12H15NO2/c14-9-11-3-1-2-8-13(11)10-4-6-12(15)7-5-10/h4-7,9,11,15H,1-3,8H2. The number of aromatic hydroxyl groups is 1. The SMILES string of the molecule is O=CC1CCCCN1c1ccc(O)cc1. The predicted molar refractivity (Wildman–Crippen MR) is 59.2 cm³/mol. The molecule has 1 atom stereocenters. The number of hydrogen-bond donors (Lipinski definition) is 1. The summed E-state index contributed by atoms with van der Waals surface area (Å²) in [6, 6.07) is 7.04. The Labute approximate surface area is 89.3 Å². The summed E-state index contributed by atoms with van der Waals surface area (Å²) in [5.41, 5.74) is 1.02. The van der Waals surface area contributed by atoms with E-state index in [4.69, 9.17) is 0 Å². The van der Waals surface area contributed by atoms with Crippen molar-refractivity contribution in [1.82, 2.24) is 0 Å². The topological polar surface area (TPSA) is 40.5 Å². The van der Waals surface area contributed by atoms with Crippen molar-refractivity contribution < 1.29 is 9.90 Å². The van der Waals surface area contributed by atoms with E-state index in [1.165, 1.54) is 0 Å². The Morgan fingerprint density at radius 1 is 1.27 bits per heavy atom. The fraction of sp³-hybridized carbons (Fsp3) is 0.417. The van der Waals surface area contributed by atoms with Crippen LogP contribution in [0.2, 0.25) is 0 Å². The zero-order valence-electron chi connectivity index (χ0n) is 8.60. The van der Waals surface area contributed by atoms with Gasteiger partial charge in [-0.15, -0.1) is 0 Å². The summed E-state index contributed by atoms with van der Waals surface area (Å²) in [6.45, 7) is 0.925. The molecule has 3 nitrogen and oxygen atoms in total. The Hall–Kier alpha value is -1.51. The minimum Gasteiger partial charge on any atom is -0.508 e. The number of aldehydes is 1. The van der Waals surface area contributed by atoms with Crippen LogP contribution in [0.5, 0.6) is 5.75 Å². The first-order valence-corrected chi connectivity index (χ1v) is 5.32. The molecule has 1 aromatic rings. The molecule has 0 aliphatic carbocycles. The van der Waals surface area contributed by atoms with Gasteiger partial charge in [0.15, 0.2) is 0 Å². The number of carbonyl (C=O) groups is 1. The first kappa shape index (κ1) is 10.0. The normalized spacial score (nSPS) is 21.3. The van der Waals surface area contributed by atoms with E-state index in [-0.39, 0.29) is 11.8 Å². The summed E-state index contributed by atoms with van der Waals surface area (Å²) in [6.07, 6.45) is 4.21. The molecule has 1 aliphatic rings. The third kappa shape index (κ3) is 2.12. The lowest BCUT2D eigenvalue weighted by Crippen LogP contribution is -2.40. The highest BCUT2D eigenvalue weighted by Gasteiger charge is 2.21. The molecule has 0 amide bonds. The van der Waals surface area contributed by atoms with Gasteiger partial charge in [0.2, 0.25) is 0 Å². The minimum absolute atomic E-state index is 0.00305. The molecule has 80 valence electrons. The van der Waals surface area contributed by atoms with Crippen molar-refractivity contribution in [2.75, 3.05) is 11.4 Å². The summed E-state index contributed by atoms with van der Waals surface area (Å²) < 4.78 is 0. The zero-order chi connectivity index (χ0) is 10.7. The Balaban J connectivity index is 2.20. The predicted octanol–water partition coefficient (Wildman–Crippen LogP) is 1.95. The minimum atomic E-state index is 0.00305. The number of phenols is 1. The van der Waals surface area contributed by atoms with E-state index in [1.54, 1.807) is 12.1 Å². The number of carbonyl (C=O) groups excluding carboxylic acids is 1. The smallest absolute Gasteiger partial charge is 0.142 e. The molecule has 0 spiro atoms. The first-order valence-electron chi connectivity index (χ1n) is 5.32. The van der Waals surface area contributed by atoms with Crippen LogP contribution < -0.4 is 4.90 Å². The van der Waals surface area contributed by atoms with Crippen LogP contribution in [-0.4, -0.2) is 24.0 Å². The second-order valence-corrected chi connectivity index (χ2v) is 3.91. The molecule has 1 aliphatic heterocycles. The molecular formula is C12H15NO2. The lowest BCUT2D eigenvalue weighted by atomic mass is 10.0. The zero-order valence-corrected chi connectivity index (χ0v) is 8.60. The molecule has 1 saturated heterocycles. The molecule has 0 bridgehead atoms. The van der Waals surface area contributed by atoms with E-state index in [1.807, 2.05) is 12.1 Å². The molecule has 1 fully saturated rings. The maximum atomic E-state index is 10.9. The second-order valence-electron chi connectivity index (χ2n) is 3.91. The highest BCUT2D eigenvalue weighted by atomic mass is 16.3. The third-order valence-corrected chi connectivity index (χ3v) is 2.89. The van der Waals surface area contributed by atoms with Gasteiger partial charge < -0.3 is 14.8 Å². The van der Waals surface area contributed by atoms with Gasteiger partial charge in [0.05, 0.1) is 6.04 Å². The van der Waals surface area contributed by atoms with Gasteiger partial charge in [0, 0.05) is 12.2 Å². The van der Waals surface area contributed by atoms with Crippen LogP contribution in [-0.2, 0) is 4.79 Å². The van der Waals surface area contributed by atoms with E-state index in [9.17, 15) is 9.90 Å². The maximum absolute atomic E-state index is 10.9. The van der Waals surface area contributed by atoms with Crippen LogP contribution in [0.15, 0.2) is 24.3 Å². The quantitative estimate of drug-likeness (QED) is 0.750. The van der Waals surface area contributed by atoms with Gasteiger partial charge in [-0.2, -0.15) is 0 Å². The molecule has 15 heavy (non-hydrogen) atoms. The van der Waals surface area contributed by atoms with Crippen LogP contribution >= 0.6 is 0 Å². The van der Waals surface area contributed by atoms with Gasteiger partial charge in [-0.25, -0.2) is 0 Å². The molecule has 0 radical (unpaired) electrons. The average molecular weight is 205 g/mol. The van der Waals surface area contributed by atoms with Crippen molar-refractivity contribution in [3.05, 3.63) is 24.3 Å². The highest BCUT2D eigenvalue weighted by Crippen LogP contribution is 2.25. The molecule has 0 aromatic heterocycles. The van der Waals surface area contributed by atoms with Crippen molar-refractivity contribution in [3.63, 3.8) is 0 Å². The Morgan fingerprint density at radius 2 is 2.00 bits per heavy atom. The molecule has 0 saturated carbocycles. The third-order valence-electron chi connectivity index (χ3n) is 2.89. The molecule has 1 aromatic carbocycles. The van der Waals surface area contributed by atoms with E-state index in [0.717, 1.165) is 37.8 Å². The summed E-state index contributed by atoms with van der Waals surface area (Å²) >= 11 is 0. The maximum Gasteiger partial charge on any atom is 0.142 e. The number of hydrogen-bond acceptors (Lipinski definition) is 3. The van der Waals surface area contributed by atoms with Gasteiger partial charge in [-0.1, -0.05) is 0 Å². The average Bonchev–Trinajstić information content (AvgIpc) is 2.30. The van der Waals surface area contributed by atoms with Gasteiger partial charge in [0.25, 0.3) is 0 Å². The number of phenolic OH excluding ortho intramolecular Hbond substituents is 1. The van der Waals surface area contributed by atoms with Gasteiger partial charge in [0.1, 0.15) is 12.0 Å².